The lowest BCUT2D eigenvalue weighted by Gasteiger charge is -2.19. The normalized spacial score (nSPS) is 16.1. The molecule has 1 N–H and O–H groups in total. The van der Waals surface area contributed by atoms with Crippen LogP contribution in [0.5, 0.6) is 0 Å². The number of fused-ring (bicyclic) bond motifs is 1. The van der Waals surface area contributed by atoms with Crippen molar-refractivity contribution in [2.45, 2.75) is 64.8 Å². The average Bonchev–Trinajstić information content (AvgIpc) is 3.14. The van der Waals surface area contributed by atoms with Gasteiger partial charge in [0.1, 0.15) is 0 Å². The van der Waals surface area contributed by atoms with E-state index in [1.165, 1.54) is 11.1 Å². The molecule has 1 aliphatic carbocycles. The smallest absolute Gasteiger partial charge is 0.272 e. The van der Waals surface area contributed by atoms with Gasteiger partial charge in [0, 0.05) is 11.5 Å². The lowest BCUT2D eigenvalue weighted by Crippen LogP contribution is -2.28. The molecule has 4 aromatic rings. The van der Waals surface area contributed by atoms with Crippen molar-refractivity contribution < 1.29 is 4.79 Å². The summed E-state index contributed by atoms with van der Waals surface area (Å²) in [7, 11) is 0. The van der Waals surface area contributed by atoms with Crippen LogP contribution in [0.3, 0.4) is 0 Å². The van der Waals surface area contributed by atoms with E-state index in [9.17, 15) is 4.79 Å². The van der Waals surface area contributed by atoms with E-state index in [-0.39, 0.29) is 17.9 Å². The van der Waals surface area contributed by atoms with E-state index in [4.69, 9.17) is 16.7 Å². The molecule has 0 aliphatic heterocycles. The number of hydrogen-bond donors (Lipinski definition) is 1. The Kier molecular flexibility index (Phi) is 7.48. The first-order valence-electron chi connectivity index (χ1n) is 13.2. The minimum Gasteiger partial charge on any atom is -0.344 e. The van der Waals surface area contributed by atoms with Gasteiger partial charge in [-0.3, -0.25) is 4.79 Å². The average molecular weight is 512 g/mol. The van der Waals surface area contributed by atoms with Crippen LogP contribution in [0.25, 0.3) is 5.69 Å². The molecule has 37 heavy (non-hydrogen) atoms. The zero-order valence-electron chi connectivity index (χ0n) is 21.8. The van der Waals surface area contributed by atoms with Crippen molar-refractivity contribution in [1.29, 1.82) is 0 Å². The lowest BCUT2D eigenvalue weighted by atomic mass is 9.90. The quantitative estimate of drug-likeness (QED) is 0.270. The number of aryl methyl sites for hydroxylation is 2. The number of halogens is 1. The van der Waals surface area contributed by atoms with E-state index in [0.29, 0.717) is 10.7 Å². The maximum absolute atomic E-state index is 13.7. The third-order valence-electron chi connectivity index (χ3n) is 7.44. The number of rotatable bonds is 6. The predicted octanol–water partition coefficient (Wildman–Crippen LogP) is 7.69. The monoisotopic (exact) mass is 511 g/mol. The summed E-state index contributed by atoms with van der Waals surface area (Å²) in [5, 5.41) is 8.81. The van der Waals surface area contributed by atoms with Gasteiger partial charge < -0.3 is 5.32 Å². The molecule has 1 heterocycles. The number of amides is 1. The second-order valence-corrected chi connectivity index (χ2v) is 10.7. The summed E-state index contributed by atoms with van der Waals surface area (Å²) in [6.45, 7) is 6.16. The highest BCUT2D eigenvalue weighted by Gasteiger charge is 2.31. The van der Waals surface area contributed by atoms with E-state index in [1.54, 1.807) is 0 Å². The molecule has 1 unspecified atom stereocenters. The highest BCUT2D eigenvalue weighted by atomic mass is 35.5. The van der Waals surface area contributed by atoms with E-state index in [1.807, 2.05) is 61.0 Å². The van der Waals surface area contributed by atoms with Gasteiger partial charge in [-0.15, -0.1) is 0 Å². The van der Waals surface area contributed by atoms with E-state index in [2.05, 4.69) is 42.6 Å². The lowest BCUT2D eigenvalue weighted by molar-refractivity contribution is 0.0933. The maximum atomic E-state index is 13.7. The molecule has 1 aromatic heterocycles. The molecule has 0 fully saturated rings. The van der Waals surface area contributed by atoms with Crippen LogP contribution in [0.15, 0.2) is 72.8 Å². The summed E-state index contributed by atoms with van der Waals surface area (Å²) in [6, 6.07) is 24.7. The van der Waals surface area contributed by atoms with Crippen LogP contribution in [0.2, 0.25) is 5.02 Å². The molecule has 5 rings (SSSR count). The minimum atomic E-state index is -0.134. The third kappa shape index (κ3) is 5.50. The number of hydrogen-bond acceptors (Lipinski definition) is 2. The summed E-state index contributed by atoms with van der Waals surface area (Å²) in [4.78, 5) is 13.7. The molecule has 5 heteroatoms. The molecule has 190 valence electrons. The first-order chi connectivity index (χ1) is 17.9. The van der Waals surface area contributed by atoms with E-state index < -0.39 is 0 Å². The molecule has 0 radical (unpaired) electrons. The summed E-state index contributed by atoms with van der Waals surface area (Å²) < 4.78 is 1.96. The second-order valence-electron chi connectivity index (χ2n) is 10.3. The molecule has 2 atom stereocenters. The number of carbonyl (C=O) groups excluding carboxylic acids is 1. The van der Waals surface area contributed by atoms with Crippen LogP contribution in [0.1, 0.15) is 82.1 Å². The first kappa shape index (κ1) is 25.3. The van der Waals surface area contributed by atoms with Gasteiger partial charge >= 0.3 is 0 Å². The minimum absolute atomic E-state index is 0.119. The number of nitrogens with zero attached hydrogens (tertiary/aromatic N) is 2. The van der Waals surface area contributed by atoms with Crippen LogP contribution in [-0.2, 0) is 12.8 Å². The molecule has 1 amide bonds. The summed E-state index contributed by atoms with van der Waals surface area (Å²) in [6.07, 6.45) is 4.96. The Morgan fingerprint density at radius 2 is 1.76 bits per heavy atom. The van der Waals surface area contributed by atoms with E-state index >= 15 is 0 Å². The third-order valence-corrected chi connectivity index (χ3v) is 7.74. The highest BCUT2D eigenvalue weighted by Crippen LogP contribution is 2.38. The standard InChI is InChI=1S/C32H34ClN3O/c1-21-13-16-24(17-14-21)20-26-11-7-8-12-27-30(32(37)34-23(3)25-9-5-4-6-10-25)35-36(31(26)27)29-18-15-22(2)19-28(29)33/h4-6,9-10,13-19,23,26H,7-8,11-12,20H2,1-3H3,(H,34,37)/t23-,26?/m0/s1. The maximum Gasteiger partial charge on any atom is 0.272 e. The van der Waals surface area contributed by atoms with Crippen molar-refractivity contribution in [3.63, 3.8) is 0 Å². The van der Waals surface area contributed by atoms with Crippen molar-refractivity contribution in [3.05, 3.63) is 117 Å². The Hall–Kier alpha value is -3.37. The van der Waals surface area contributed by atoms with Crippen molar-refractivity contribution in [2.75, 3.05) is 0 Å². The molecular weight excluding hydrogens is 478 g/mol. The number of carbonyl (C=O) groups is 1. The van der Waals surface area contributed by atoms with E-state index in [0.717, 1.165) is 60.2 Å². The molecule has 0 saturated carbocycles. The topological polar surface area (TPSA) is 46.9 Å². The van der Waals surface area contributed by atoms with Gasteiger partial charge in [0.15, 0.2) is 5.69 Å². The van der Waals surface area contributed by atoms with Gasteiger partial charge in [0.2, 0.25) is 0 Å². The number of aromatic nitrogens is 2. The SMILES string of the molecule is Cc1ccc(CC2CCCCc3c(C(=O)N[C@@H](C)c4ccccc4)nn(-c4ccc(C)cc4Cl)c32)cc1. The molecular formula is C32H34ClN3O. The van der Waals surface area contributed by atoms with Gasteiger partial charge in [-0.2, -0.15) is 5.10 Å². The van der Waals surface area contributed by atoms with Crippen LogP contribution >= 0.6 is 11.6 Å². The van der Waals surface area contributed by atoms with Crippen LogP contribution in [0, 0.1) is 13.8 Å². The molecule has 4 nitrogen and oxygen atoms in total. The van der Waals surface area contributed by atoms with Gasteiger partial charge in [0.05, 0.1) is 22.4 Å². The van der Waals surface area contributed by atoms with Gasteiger partial charge in [0.25, 0.3) is 5.91 Å². The largest absolute Gasteiger partial charge is 0.344 e. The zero-order valence-corrected chi connectivity index (χ0v) is 22.6. The Balaban J connectivity index is 1.58. The molecule has 0 saturated heterocycles. The fourth-order valence-electron chi connectivity index (χ4n) is 5.41. The Morgan fingerprint density at radius 1 is 1.03 bits per heavy atom. The van der Waals surface area contributed by atoms with Crippen LogP contribution < -0.4 is 5.32 Å². The van der Waals surface area contributed by atoms with Crippen molar-refractivity contribution >= 4 is 17.5 Å². The Labute approximate surface area is 224 Å². The van der Waals surface area contributed by atoms with Crippen molar-refractivity contribution in [2.24, 2.45) is 0 Å². The summed E-state index contributed by atoms with van der Waals surface area (Å²) in [5.41, 5.74) is 8.26. The summed E-state index contributed by atoms with van der Waals surface area (Å²) >= 11 is 6.76. The fourth-order valence-corrected chi connectivity index (χ4v) is 5.72. The van der Waals surface area contributed by atoms with Gasteiger partial charge in [-0.25, -0.2) is 4.68 Å². The van der Waals surface area contributed by atoms with Crippen LogP contribution in [-0.4, -0.2) is 15.7 Å². The molecule has 1 aliphatic rings. The zero-order chi connectivity index (χ0) is 25.9. The Bertz CT molecular complexity index is 1390. The predicted molar refractivity (Wildman–Crippen MR) is 151 cm³/mol. The fraction of sp³-hybridized carbons (Fsp3) is 0.312. The van der Waals surface area contributed by atoms with Crippen molar-refractivity contribution in [1.82, 2.24) is 15.1 Å². The summed E-state index contributed by atoms with van der Waals surface area (Å²) in [5.74, 6) is 0.115. The molecule has 0 spiro atoms. The van der Waals surface area contributed by atoms with Crippen LogP contribution in [0.4, 0.5) is 0 Å². The Morgan fingerprint density at radius 3 is 2.49 bits per heavy atom. The van der Waals surface area contributed by atoms with Crippen molar-refractivity contribution in [3.8, 4) is 5.69 Å². The van der Waals surface area contributed by atoms with Gasteiger partial charge in [-0.1, -0.05) is 84.2 Å². The number of benzene rings is 3. The second kappa shape index (κ2) is 10.9. The molecule has 0 bridgehead atoms. The molecule has 3 aromatic carbocycles. The first-order valence-corrected chi connectivity index (χ1v) is 13.6. The highest BCUT2D eigenvalue weighted by molar-refractivity contribution is 6.32. The number of nitrogens with one attached hydrogen (secondary N) is 1. The van der Waals surface area contributed by atoms with Gasteiger partial charge in [-0.05, 0) is 75.3 Å².